The summed E-state index contributed by atoms with van der Waals surface area (Å²) in [6.45, 7) is 5.39. The molecular weight excluding hydrogens is 364 g/mol. The van der Waals surface area contributed by atoms with Crippen LogP contribution in [0.1, 0.15) is 36.5 Å². The highest BCUT2D eigenvalue weighted by atomic mass is 16.5. The van der Waals surface area contributed by atoms with Gasteiger partial charge in [-0.2, -0.15) is 5.10 Å². The predicted octanol–water partition coefficient (Wildman–Crippen LogP) is 2.29. The summed E-state index contributed by atoms with van der Waals surface area (Å²) < 4.78 is 11.4. The predicted molar refractivity (Wildman–Crippen MR) is 101 cm³/mol. The molecule has 28 heavy (non-hydrogen) atoms. The minimum Gasteiger partial charge on any atom is -0.448 e. The molecule has 0 aliphatic heterocycles. The average Bonchev–Trinajstić information content (AvgIpc) is 3.08. The molecule has 1 N–H and O–H groups in total. The maximum Gasteiger partial charge on any atom is 0.360 e. The Kier molecular flexibility index (Phi) is 5.53. The Morgan fingerprint density at radius 2 is 2.00 bits per heavy atom. The topological polar surface area (TPSA) is 116 Å². The molecule has 0 saturated carbocycles. The van der Waals surface area contributed by atoms with E-state index in [9.17, 15) is 14.4 Å². The van der Waals surface area contributed by atoms with Crippen LogP contribution in [0.3, 0.4) is 0 Å². The molecule has 0 fully saturated rings. The fourth-order valence-electron chi connectivity index (χ4n) is 2.67. The Bertz CT molecular complexity index is 1090. The first-order chi connectivity index (χ1) is 13.4. The molecule has 9 heteroatoms. The molecule has 0 saturated heterocycles. The second-order valence-electron chi connectivity index (χ2n) is 6.28. The monoisotopic (exact) mass is 384 g/mol. The number of rotatable bonds is 6. The average molecular weight is 384 g/mol. The molecule has 3 aromatic rings. The lowest BCUT2D eigenvalue weighted by Crippen LogP contribution is -2.32. The number of benzene rings is 1. The molecule has 146 valence electrons. The highest BCUT2D eigenvalue weighted by Gasteiger charge is 2.23. The van der Waals surface area contributed by atoms with Gasteiger partial charge in [0.2, 0.25) is 0 Å². The van der Waals surface area contributed by atoms with E-state index in [0.717, 1.165) is 0 Å². The van der Waals surface area contributed by atoms with Crippen molar-refractivity contribution in [3.63, 3.8) is 0 Å². The summed E-state index contributed by atoms with van der Waals surface area (Å²) in [5, 5.41) is 11.1. The van der Waals surface area contributed by atoms with Crippen molar-refractivity contribution in [1.82, 2.24) is 14.9 Å². The summed E-state index contributed by atoms with van der Waals surface area (Å²) in [6.07, 6.45) is -0.424. The molecule has 2 aromatic heterocycles. The Morgan fingerprint density at radius 3 is 2.64 bits per heavy atom. The van der Waals surface area contributed by atoms with Crippen LogP contribution in [0.15, 0.2) is 39.6 Å². The van der Waals surface area contributed by atoms with Crippen molar-refractivity contribution in [3.05, 3.63) is 52.1 Å². The second-order valence-corrected chi connectivity index (χ2v) is 6.28. The summed E-state index contributed by atoms with van der Waals surface area (Å²) in [5.74, 6) is -0.591. The van der Waals surface area contributed by atoms with Crippen LogP contribution in [0.2, 0.25) is 0 Å². The number of esters is 1. The van der Waals surface area contributed by atoms with Gasteiger partial charge in [0.1, 0.15) is 5.76 Å². The zero-order valence-corrected chi connectivity index (χ0v) is 15.8. The van der Waals surface area contributed by atoms with Gasteiger partial charge in [-0.1, -0.05) is 30.3 Å². The van der Waals surface area contributed by atoms with E-state index in [1.165, 1.54) is 11.6 Å². The van der Waals surface area contributed by atoms with E-state index in [0.29, 0.717) is 29.5 Å². The number of carbonyl (C=O) groups is 2. The number of hydrogen-bond acceptors (Lipinski definition) is 7. The van der Waals surface area contributed by atoms with Crippen LogP contribution >= 0.6 is 0 Å². The van der Waals surface area contributed by atoms with Gasteiger partial charge in [-0.25, -0.2) is 9.48 Å². The Labute approximate surface area is 160 Å². The molecule has 0 radical (unpaired) electrons. The summed E-state index contributed by atoms with van der Waals surface area (Å²) in [7, 11) is 0. The quantitative estimate of drug-likeness (QED) is 0.648. The lowest BCUT2D eigenvalue weighted by atomic mass is 10.1. The normalized spacial score (nSPS) is 12.0. The van der Waals surface area contributed by atoms with Crippen molar-refractivity contribution in [2.45, 2.75) is 39.8 Å². The van der Waals surface area contributed by atoms with Crippen molar-refractivity contribution in [2.24, 2.45) is 0 Å². The van der Waals surface area contributed by atoms with Crippen molar-refractivity contribution < 1.29 is 18.8 Å². The first-order valence-electron chi connectivity index (χ1n) is 8.85. The van der Waals surface area contributed by atoms with Crippen molar-refractivity contribution >= 4 is 28.5 Å². The second kappa shape index (κ2) is 8.03. The lowest BCUT2D eigenvalue weighted by molar-refractivity contribution is -0.123. The van der Waals surface area contributed by atoms with Crippen molar-refractivity contribution in [3.8, 4) is 0 Å². The van der Waals surface area contributed by atoms with Gasteiger partial charge in [0, 0.05) is 18.0 Å². The molecule has 2 heterocycles. The lowest BCUT2D eigenvalue weighted by Gasteiger charge is -2.14. The third kappa shape index (κ3) is 3.93. The van der Waals surface area contributed by atoms with E-state index in [2.05, 4.69) is 15.6 Å². The number of aromatic nitrogens is 3. The first-order valence-corrected chi connectivity index (χ1v) is 8.85. The zero-order chi connectivity index (χ0) is 20.3. The summed E-state index contributed by atoms with van der Waals surface area (Å²) in [4.78, 5) is 37.4. The van der Waals surface area contributed by atoms with Crippen LogP contribution in [-0.2, 0) is 16.1 Å². The summed E-state index contributed by atoms with van der Waals surface area (Å²) >= 11 is 0. The van der Waals surface area contributed by atoms with Crippen LogP contribution in [0.25, 0.3) is 10.8 Å². The van der Waals surface area contributed by atoms with E-state index >= 15 is 0 Å². The number of nitrogens with zero attached hydrogens (tertiary/aromatic N) is 3. The Hall–Kier alpha value is -3.49. The van der Waals surface area contributed by atoms with Gasteiger partial charge in [-0.05, 0) is 26.3 Å². The minimum atomic E-state index is -1.10. The number of amides is 1. The smallest absolute Gasteiger partial charge is 0.360 e. The number of fused-ring (bicyclic) bond motifs is 1. The number of ether oxygens (including phenoxy) is 1. The first kappa shape index (κ1) is 19.3. The maximum absolute atomic E-state index is 12.7. The highest BCUT2D eigenvalue weighted by molar-refractivity contribution is 6.03. The van der Waals surface area contributed by atoms with E-state index in [1.807, 2.05) is 6.92 Å². The maximum atomic E-state index is 12.7. The molecule has 1 atom stereocenters. The number of hydrogen-bond donors (Lipinski definition) is 1. The molecule has 0 aliphatic rings. The molecule has 0 spiro atoms. The number of nitrogens with one attached hydrogen (secondary N) is 1. The standard InChI is InChI=1S/C19H20N4O5/c1-4-9-23-18(25)14-8-6-5-7-13(14)16(21-23)19(26)27-12(3)17(24)20-15-10-11(2)28-22-15/h5-8,10,12H,4,9H2,1-3H3,(H,20,22,24)/t12-/m1/s1. The minimum absolute atomic E-state index is 0.0134. The third-order valence-corrected chi connectivity index (χ3v) is 4.03. The van der Waals surface area contributed by atoms with Gasteiger partial charge in [-0.15, -0.1) is 0 Å². The largest absolute Gasteiger partial charge is 0.448 e. The molecule has 1 aromatic carbocycles. The van der Waals surface area contributed by atoms with Gasteiger partial charge in [0.05, 0.1) is 5.39 Å². The number of aryl methyl sites for hydroxylation is 2. The summed E-state index contributed by atoms with van der Waals surface area (Å²) in [5.41, 5.74) is -0.290. The van der Waals surface area contributed by atoms with Crippen LogP contribution in [0, 0.1) is 6.92 Å². The fraction of sp³-hybridized carbons (Fsp3) is 0.316. The van der Waals surface area contributed by atoms with Crippen LogP contribution in [0.4, 0.5) is 5.82 Å². The van der Waals surface area contributed by atoms with E-state index in [1.54, 1.807) is 37.3 Å². The number of carbonyl (C=O) groups excluding carboxylic acids is 2. The zero-order valence-electron chi connectivity index (χ0n) is 15.8. The van der Waals surface area contributed by atoms with Gasteiger partial charge in [0.15, 0.2) is 17.6 Å². The Balaban J connectivity index is 1.85. The van der Waals surface area contributed by atoms with E-state index in [-0.39, 0.29) is 17.1 Å². The van der Waals surface area contributed by atoms with Gasteiger partial charge in [0.25, 0.3) is 11.5 Å². The molecular formula is C19H20N4O5. The summed E-state index contributed by atoms with van der Waals surface area (Å²) in [6, 6.07) is 8.21. The SMILES string of the molecule is CCCn1nc(C(=O)O[C@H](C)C(=O)Nc2cc(C)on2)c2ccccc2c1=O. The van der Waals surface area contributed by atoms with Gasteiger partial charge in [-0.3, -0.25) is 9.59 Å². The molecule has 0 bridgehead atoms. The van der Waals surface area contributed by atoms with Crippen LogP contribution in [-0.4, -0.2) is 32.9 Å². The molecule has 9 nitrogen and oxygen atoms in total. The van der Waals surface area contributed by atoms with Crippen LogP contribution in [0.5, 0.6) is 0 Å². The van der Waals surface area contributed by atoms with E-state index in [4.69, 9.17) is 9.26 Å². The van der Waals surface area contributed by atoms with Crippen LogP contribution < -0.4 is 10.9 Å². The fourth-order valence-corrected chi connectivity index (χ4v) is 2.67. The van der Waals surface area contributed by atoms with Crippen molar-refractivity contribution in [1.29, 1.82) is 0 Å². The van der Waals surface area contributed by atoms with Gasteiger partial charge >= 0.3 is 5.97 Å². The molecule has 0 aliphatic carbocycles. The highest BCUT2D eigenvalue weighted by Crippen LogP contribution is 2.16. The molecule has 0 unspecified atom stereocenters. The number of anilines is 1. The third-order valence-electron chi connectivity index (χ3n) is 4.03. The van der Waals surface area contributed by atoms with Crippen molar-refractivity contribution in [2.75, 3.05) is 5.32 Å². The Morgan fingerprint density at radius 1 is 1.29 bits per heavy atom. The van der Waals surface area contributed by atoms with Gasteiger partial charge < -0.3 is 14.6 Å². The van der Waals surface area contributed by atoms with E-state index < -0.39 is 18.0 Å². The molecule has 1 amide bonds. The molecule has 3 rings (SSSR count).